The Hall–Kier alpha value is -11.5. The van der Waals surface area contributed by atoms with Crippen molar-refractivity contribution in [3.63, 3.8) is 0 Å². The van der Waals surface area contributed by atoms with Gasteiger partial charge in [-0.2, -0.15) is 0 Å². The van der Waals surface area contributed by atoms with Crippen LogP contribution in [0.2, 0.25) is 0 Å². The van der Waals surface area contributed by atoms with E-state index in [9.17, 15) is 0 Å². The molecule has 8 nitrogen and oxygen atoms in total. The molecular weight excluding hydrogens is 1030 g/mol. The smallest absolute Gasteiger partial charge is 0.160 e. The monoisotopic (exact) mass is 1070 g/mol. The summed E-state index contributed by atoms with van der Waals surface area (Å²) in [6.45, 7) is 0. The number of nitrogens with zero attached hydrogens (tertiary/aromatic N) is 5. The second-order valence-corrected chi connectivity index (χ2v) is 22.1. The van der Waals surface area contributed by atoms with Crippen LogP contribution >= 0.6 is 0 Å². The Bertz CT molecular complexity index is 5430. The molecule has 7 aromatic heterocycles. The Morgan fingerprint density at radius 2 is 0.536 bits per heavy atom. The van der Waals surface area contributed by atoms with Crippen LogP contribution in [0.3, 0.4) is 0 Å². The highest BCUT2D eigenvalue weighted by molar-refractivity contribution is 6.20. The summed E-state index contributed by atoms with van der Waals surface area (Å²) in [6, 6.07) is 92.5. The zero-order valence-electron chi connectivity index (χ0n) is 44.8. The Morgan fingerprint density at radius 1 is 0.214 bits per heavy atom. The highest BCUT2D eigenvalue weighted by Crippen LogP contribution is 2.43. The molecule has 0 fully saturated rings. The molecule has 8 heteroatoms. The van der Waals surface area contributed by atoms with Gasteiger partial charge >= 0.3 is 0 Å². The first kappa shape index (κ1) is 45.3. The summed E-state index contributed by atoms with van der Waals surface area (Å²) in [5.74, 6) is 0.605. The predicted octanol–water partition coefficient (Wildman–Crippen LogP) is 20.5. The summed E-state index contributed by atoms with van der Waals surface area (Å²) < 4.78 is 26.6. The molecule has 0 saturated carbocycles. The molecule has 390 valence electrons. The SMILES string of the molecule is c1cc(-c2cc(-c3cccc(-n4c5ccccc5c5cc6c(cc54)oc4ccccc46)c3)nc(-c3cccc(-n4c5ccccc5c5cc6c(cc54)oc4ccccc46)c3)n2)cc(-n2c3ccccc3c3cc4c(cc32)oc2ccccc24)c1. The van der Waals surface area contributed by atoms with Crippen LogP contribution < -0.4 is 0 Å². The topological polar surface area (TPSA) is 80.0 Å². The Balaban J connectivity index is 0.813. The molecule has 19 aromatic rings. The normalized spacial score (nSPS) is 12.3. The van der Waals surface area contributed by atoms with Gasteiger partial charge in [0.2, 0.25) is 0 Å². The minimum Gasteiger partial charge on any atom is -0.456 e. The largest absolute Gasteiger partial charge is 0.456 e. The van der Waals surface area contributed by atoms with Crippen molar-refractivity contribution in [2.45, 2.75) is 0 Å². The number of fused-ring (bicyclic) bond motifs is 18. The molecule has 19 rings (SSSR count). The molecule has 0 N–H and O–H groups in total. The van der Waals surface area contributed by atoms with Crippen molar-refractivity contribution in [2.24, 2.45) is 0 Å². The highest BCUT2D eigenvalue weighted by atomic mass is 16.3. The van der Waals surface area contributed by atoms with Gasteiger partial charge in [0, 0.05) is 117 Å². The third-order valence-corrected chi connectivity index (χ3v) is 17.4. The Morgan fingerprint density at radius 3 is 0.917 bits per heavy atom. The van der Waals surface area contributed by atoms with E-state index in [2.05, 4.69) is 238 Å². The maximum atomic E-state index is 6.51. The van der Waals surface area contributed by atoms with Crippen molar-refractivity contribution in [2.75, 3.05) is 0 Å². The molecule has 0 amide bonds. The highest BCUT2D eigenvalue weighted by Gasteiger charge is 2.22. The summed E-state index contributed by atoms with van der Waals surface area (Å²) in [4.78, 5) is 11.1. The summed E-state index contributed by atoms with van der Waals surface area (Å²) >= 11 is 0. The molecule has 0 aliphatic carbocycles. The van der Waals surface area contributed by atoms with Gasteiger partial charge in [-0.3, -0.25) is 0 Å². The first-order chi connectivity index (χ1) is 41.6. The predicted molar refractivity (Wildman–Crippen MR) is 343 cm³/mol. The second kappa shape index (κ2) is 17.0. The maximum absolute atomic E-state index is 6.51. The molecule has 0 aliphatic heterocycles. The van der Waals surface area contributed by atoms with Gasteiger partial charge in [-0.05, 0) is 97.1 Å². The zero-order chi connectivity index (χ0) is 54.7. The molecule has 12 aromatic carbocycles. The lowest BCUT2D eigenvalue weighted by molar-refractivity contribution is 0.669. The fraction of sp³-hybridized carbons (Fsp3) is 0. The van der Waals surface area contributed by atoms with Crippen molar-refractivity contribution in [3.05, 3.63) is 261 Å². The fourth-order valence-electron chi connectivity index (χ4n) is 13.7. The first-order valence-electron chi connectivity index (χ1n) is 28.4. The van der Waals surface area contributed by atoms with E-state index in [4.69, 9.17) is 23.2 Å². The lowest BCUT2D eigenvalue weighted by Gasteiger charge is -2.14. The van der Waals surface area contributed by atoms with E-state index in [0.717, 1.165) is 160 Å². The molecule has 0 bridgehead atoms. The van der Waals surface area contributed by atoms with Crippen LogP contribution in [0.1, 0.15) is 0 Å². The van der Waals surface area contributed by atoms with Crippen LogP contribution in [0.4, 0.5) is 0 Å². The molecule has 0 atom stereocenters. The van der Waals surface area contributed by atoms with Crippen molar-refractivity contribution >= 4 is 131 Å². The van der Waals surface area contributed by atoms with Gasteiger partial charge in [0.25, 0.3) is 0 Å². The van der Waals surface area contributed by atoms with Crippen LogP contribution in [-0.4, -0.2) is 23.7 Å². The molecule has 0 unspecified atom stereocenters. The van der Waals surface area contributed by atoms with Crippen LogP contribution in [-0.2, 0) is 0 Å². The fourth-order valence-corrected chi connectivity index (χ4v) is 13.7. The number of hydrogen-bond acceptors (Lipinski definition) is 5. The summed E-state index contributed by atoms with van der Waals surface area (Å²) in [7, 11) is 0. The molecule has 0 radical (unpaired) electrons. The quantitative estimate of drug-likeness (QED) is 0.166. The van der Waals surface area contributed by atoms with E-state index in [0.29, 0.717) is 5.82 Å². The van der Waals surface area contributed by atoms with E-state index in [1.54, 1.807) is 0 Å². The number of para-hydroxylation sites is 6. The van der Waals surface area contributed by atoms with Crippen molar-refractivity contribution in [3.8, 4) is 51.0 Å². The average Bonchev–Trinajstić information content (AvgIpc) is 2.90. The number of rotatable bonds is 6. The van der Waals surface area contributed by atoms with Gasteiger partial charge < -0.3 is 27.0 Å². The third kappa shape index (κ3) is 6.53. The van der Waals surface area contributed by atoms with E-state index >= 15 is 0 Å². The molecule has 0 aliphatic rings. The van der Waals surface area contributed by atoms with Crippen LogP contribution in [0.5, 0.6) is 0 Å². The molecule has 0 spiro atoms. The van der Waals surface area contributed by atoms with Gasteiger partial charge in [-0.1, -0.05) is 146 Å². The zero-order valence-corrected chi connectivity index (χ0v) is 44.8. The van der Waals surface area contributed by atoms with E-state index < -0.39 is 0 Å². The molecule has 0 saturated heterocycles. The van der Waals surface area contributed by atoms with Crippen molar-refractivity contribution < 1.29 is 13.3 Å². The van der Waals surface area contributed by atoms with E-state index in [1.165, 1.54) is 16.2 Å². The summed E-state index contributed by atoms with van der Waals surface area (Å²) in [6.07, 6.45) is 0. The van der Waals surface area contributed by atoms with Gasteiger partial charge in [0.1, 0.15) is 33.5 Å². The summed E-state index contributed by atoms with van der Waals surface area (Å²) in [5.41, 5.74) is 19.1. The minimum atomic E-state index is 0.605. The van der Waals surface area contributed by atoms with E-state index in [-0.39, 0.29) is 0 Å². The first-order valence-corrected chi connectivity index (χ1v) is 28.4. The molecular formula is C76H43N5O3. The standard InChI is InChI=1S/C76H43N5O3/c1-7-28-64-50(22-1)56-37-59-53-25-4-10-31-70(53)82-73(59)41-67(56)79(64)47-19-13-16-44(34-47)62-40-63(45-17-14-20-48(35-45)80-65-29-8-2-23-51(65)57-38-60-54-26-5-11-32-71(54)83-74(60)42-68(57)80)78-76(77-62)46-18-15-21-49(36-46)81-66-30-9-3-24-52(66)58-39-61-55-27-6-12-33-72(55)84-75(61)43-69(58)81/h1-43H. The third-order valence-electron chi connectivity index (χ3n) is 17.4. The van der Waals surface area contributed by atoms with Crippen LogP contribution in [0.25, 0.3) is 182 Å². The number of furan rings is 3. The Labute approximate surface area is 477 Å². The van der Waals surface area contributed by atoms with Crippen molar-refractivity contribution in [1.29, 1.82) is 0 Å². The average molecular weight is 1070 g/mol. The maximum Gasteiger partial charge on any atom is 0.160 e. The van der Waals surface area contributed by atoms with Gasteiger partial charge in [0.15, 0.2) is 5.82 Å². The number of hydrogen-bond donors (Lipinski definition) is 0. The van der Waals surface area contributed by atoms with Crippen LogP contribution in [0.15, 0.2) is 274 Å². The second-order valence-electron chi connectivity index (χ2n) is 22.1. The Kier molecular flexibility index (Phi) is 9.18. The molecule has 7 heterocycles. The number of aromatic nitrogens is 5. The lowest BCUT2D eigenvalue weighted by Crippen LogP contribution is -2.00. The van der Waals surface area contributed by atoms with Gasteiger partial charge in [0.05, 0.1) is 44.5 Å². The van der Waals surface area contributed by atoms with Crippen molar-refractivity contribution in [1.82, 2.24) is 23.7 Å². The summed E-state index contributed by atoms with van der Waals surface area (Å²) in [5, 5.41) is 13.6. The number of benzene rings is 12. The van der Waals surface area contributed by atoms with Gasteiger partial charge in [-0.25, -0.2) is 9.97 Å². The molecule has 84 heavy (non-hydrogen) atoms. The minimum absolute atomic E-state index is 0.605. The van der Waals surface area contributed by atoms with Gasteiger partial charge in [-0.15, -0.1) is 0 Å². The van der Waals surface area contributed by atoms with E-state index in [1.807, 2.05) is 36.4 Å². The lowest BCUT2D eigenvalue weighted by atomic mass is 10.0. The van der Waals surface area contributed by atoms with Crippen LogP contribution in [0, 0.1) is 0 Å².